The number of H-pyrrole nitrogens is 1. The SMILES string of the molecule is COc1ccc(OC)c(C(=O)c2[nH]c3cc(Cl)ccc3c2CC(=O)O)c1. The van der Waals surface area contributed by atoms with Crippen molar-refractivity contribution in [1.29, 1.82) is 0 Å². The number of carboxylic acid groups (broad SMARTS) is 1. The summed E-state index contributed by atoms with van der Waals surface area (Å²) in [6, 6.07) is 9.88. The second-order valence-electron chi connectivity index (χ2n) is 5.63. The van der Waals surface area contributed by atoms with Gasteiger partial charge in [0.1, 0.15) is 11.5 Å². The van der Waals surface area contributed by atoms with Crippen molar-refractivity contribution in [2.75, 3.05) is 14.2 Å². The molecule has 2 aromatic carbocycles. The highest BCUT2D eigenvalue weighted by molar-refractivity contribution is 6.31. The number of carbonyl (C=O) groups excluding carboxylic acids is 1. The van der Waals surface area contributed by atoms with Gasteiger partial charge in [-0.2, -0.15) is 0 Å². The molecular weight excluding hydrogens is 358 g/mol. The molecule has 3 aromatic rings. The molecule has 0 radical (unpaired) electrons. The normalized spacial score (nSPS) is 10.7. The molecule has 0 saturated heterocycles. The van der Waals surface area contributed by atoms with Crippen LogP contribution in [-0.2, 0) is 11.2 Å². The minimum Gasteiger partial charge on any atom is -0.497 e. The number of hydrogen-bond donors (Lipinski definition) is 2. The maximum absolute atomic E-state index is 13.2. The van der Waals surface area contributed by atoms with Gasteiger partial charge in [0, 0.05) is 21.5 Å². The molecule has 1 aromatic heterocycles. The van der Waals surface area contributed by atoms with E-state index in [9.17, 15) is 14.7 Å². The number of carbonyl (C=O) groups is 2. The highest BCUT2D eigenvalue weighted by atomic mass is 35.5. The van der Waals surface area contributed by atoms with Gasteiger partial charge in [-0.25, -0.2) is 0 Å². The number of methoxy groups -OCH3 is 2. The van der Waals surface area contributed by atoms with Crippen molar-refractivity contribution in [3.8, 4) is 11.5 Å². The van der Waals surface area contributed by atoms with Gasteiger partial charge in [-0.05, 0) is 30.3 Å². The number of nitrogens with one attached hydrogen (secondary N) is 1. The van der Waals surface area contributed by atoms with Crippen molar-refractivity contribution in [3.05, 3.63) is 58.2 Å². The third-order valence-electron chi connectivity index (χ3n) is 4.07. The number of aliphatic carboxylic acids is 1. The summed E-state index contributed by atoms with van der Waals surface area (Å²) < 4.78 is 10.5. The van der Waals surface area contributed by atoms with Gasteiger partial charge in [-0.15, -0.1) is 0 Å². The van der Waals surface area contributed by atoms with E-state index in [0.29, 0.717) is 33.0 Å². The fourth-order valence-electron chi connectivity index (χ4n) is 2.88. The van der Waals surface area contributed by atoms with Gasteiger partial charge < -0.3 is 19.6 Å². The first kappa shape index (κ1) is 17.8. The topological polar surface area (TPSA) is 88.6 Å². The molecule has 0 atom stereocenters. The molecule has 26 heavy (non-hydrogen) atoms. The van der Waals surface area contributed by atoms with Crippen LogP contribution in [0.1, 0.15) is 21.6 Å². The summed E-state index contributed by atoms with van der Waals surface area (Å²) >= 11 is 6.01. The Labute approximate surface area is 154 Å². The molecule has 0 bridgehead atoms. The van der Waals surface area contributed by atoms with Crippen molar-refractivity contribution in [2.24, 2.45) is 0 Å². The average Bonchev–Trinajstić information content (AvgIpc) is 2.97. The van der Waals surface area contributed by atoms with Crippen molar-refractivity contribution in [1.82, 2.24) is 4.98 Å². The zero-order chi connectivity index (χ0) is 18.8. The van der Waals surface area contributed by atoms with E-state index in [1.165, 1.54) is 14.2 Å². The highest BCUT2D eigenvalue weighted by Gasteiger charge is 2.24. The summed E-state index contributed by atoms with van der Waals surface area (Å²) in [5, 5.41) is 10.4. The Morgan fingerprint density at radius 1 is 1.12 bits per heavy atom. The Kier molecular flexibility index (Phi) is 4.86. The second-order valence-corrected chi connectivity index (χ2v) is 6.07. The van der Waals surface area contributed by atoms with Crippen molar-refractivity contribution < 1.29 is 24.2 Å². The Hall–Kier alpha value is -2.99. The van der Waals surface area contributed by atoms with Crippen molar-refractivity contribution in [2.45, 2.75) is 6.42 Å². The van der Waals surface area contributed by atoms with E-state index in [0.717, 1.165) is 0 Å². The van der Waals surface area contributed by atoms with Gasteiger partial charge in [0.25, 0.3) is 0 Å². The van der Waals surface area contributed by atoms with Gasteiger partial charge in [0.15, 0.2) is 0 Å². The van der Waals surface area contributed by atoms with Crippen LogP contribution >= 0.6 is 11.6 Å². The fraction of sp³-hybridized carbons (Fsp3) is 0.158. The van der Waals surface area contributed by atoms with Gasteiger partial charge in [0.05, 0.1) is 31.9 Å². The number of halogens is 1. The molecule has 0 saturated carbocycles. The molecule has 0 aliphatic carbocycles. The molecule has 2 N–H and O–H groups in total. The highest BCUT2D eigenvalue weighted by Crippen LogP contribution is 2.31. The Balaban J connectivity index is 2.21. The maximum atomic E-state index is 13.2. The van der Waals surface area contributed by atoms with Crippen LogP contribution in [0.15, 0.2) is 36.4 Å². The molecule has 6 nitrogen and oxygen atoms in total. The Bertz CT molecular complexity index is 1010. The molecule has 0 aliphatic rings. The van der Waals surface area contributed by atoms with E-state index < -0.39 is 5.97 Å². The first-order chi connectivity index (χ1) is 12.4. The molecule has 0 aliphatic heterocycles. The van der Waals surface area contributed by atoms with Gasteiger partial charge in [-0.1, -0.05) is 17.7 Å². The summed E-state index contributed by atoms with van der Waals surface area (Å²) in [4.78, 5) is 27.5. The first-order valence-corrected chi connectivity index (χ1v) is 8.11. The molecular formula is C19H16ClNO5. The summed E-state index contributed by atoms with van der Waals surface area (Å²) in [6.45, 7) is 0. The lowest BCUT2D eigenvalue weighted by atomic mass is 10.0. The number of fused-ring (bicyclic) bond motifs is 1. The summed E-state index contributed by atoms with van der Waals surface area (Å²) in [6.07, 6.45) is -0.297. The first-order valence-electron chi connectivity index (χ1n) is 7.73. The third kappa shape index (κ3) is 3.23. The summed E-state index contributed by atoms with van der Waals surface area (Å²) in [5.41, 5.74) is 1.46. The van der Waals surface area contributed by atoms with Gasteiger partial charge >= 0.3 is 5.97 Å². The van der Waals surface area contributed by atoms with Crippen LogP contribution in [-0.4, -0.2) is 36.1 Å². The van der Waals surface area contributed by atoms with Crippen LogP contribution in [0, 0.1) is 0 Å². The molecule has 0 unspecified atom stereocenters. The minimum absolute atomic E-state index is 0.191. The van der Waals surface area contributed by atoms with Crippen molar-refractivity contribution >= 4 is 34.3 Å². The predicted molar refractivity (Wildman–Crippen MR) is 97.6 cm³/mol. The number of carboxylic acids is 1. The summed E-state index contributed by atoms with van der Waals surface area (Å²) in [5.74, 6) is -0.557. The van der Waals surface area contributed by atoms with Crippen LogP contribution in [0.4, 0.5) is 0 Å². The molecule has 1 heterocycles. The number of benzene rings is 2. The number of ketones is 1. The van der Waals surface area contributed by atoms with Crippen LogP contribution in [0.3, 0.4) is 0 Å². The van der Waals surface area contributed by atoms with E-state index in [-0.39, 0.29) is 23.5 Å². The standard InChI is InChI=1S/C19H16ClNO5/c1-25-11-4-6-16(26-2)14(8-11)19(24)18-13(9-17(22)23)12-5-3-10(20)7-15(12)21-18/h3-8,21H,9H2,1-2H3,(H,22,23). The Morgan fingerprint density at radius 2 is 1.88 bits per heavy atom. The van der Waals surface area contributed by atoms with Crippen LogP contribution in [0.2, 0.25) is 5.02 Å². The number of aromatic amines is 1. The molecule has 0 spiro atoms. The lowest BCUT2D eigenvalue weighted by molar-refractivity contribution is -0.136. The zero-order valence-corrected chi connectivity index (χ0v) is 14.9. The van der Waals surface area contributed by atoms with E-state index in [2.05, 4.69) is 4.98 Å². The Morgan fingerprint density at radius 3 is 2.54 bits per heavy atom. The predicted octanol–water partition coefficient (Wildman–Crippen LogP) is 3.70. The molecule has 134 valence electrons. The molecule has 0 fully saturated rings. The van der Waals surface area contributed by atoms with Gasteiger partial charge in [0.2, 0.25) is 5.78 Å². The summed E-state index contributed by atoms with van der Waals surface area (Å²) in [7, 11) is 2.96. The lowest BCUT2D eigenvalue weighted by Crippen LogP contribution is -2.10. The average molecular weight is 374 g/mol. The van der Waals surface area contributed by atoms with E-state index >= 15 is 0 Å². The smallest absolute Gasteiger partial charge is 0.307 e. The number of ether oxygens (including phenoxy) is 2. The third-order valence-corrected chi connectivity index (χ3v) is 4.31. The minimum atomic E-state index is -1.03. The number of hydrogen-bond acceptors (Lipinski definition) is 4. The zero-order valence-electron chi connectivity index (χ0n) is 14.1. The van der Waals surface area contributed by atoms with Gasteiger partial charge in [-0.3, -0.25) is 9.59 Å². The monoisotopic (exact) mass is 373 g/mol. The quantitative estimate of drug-likeness (QED) is 0.643. The molecule has 7 heteroatoms. The van der Waals surface area contributed by atoms with Crippen LogP contribution in [0.25, 0.3) is 10.9 Å². The van der Waals surface area contributed by atoms with Crippen molar-refractivity contribution in [3.63, 3.8) is 0 Å². The number of rotatable bonds is 6. The lowest BCUT2D eigenvalue weighted by Gasteiger charge is -2.10. The maximum Gasteiger partial charge on any atom is 0.307 e. The van der Waals surface area contributed by atoms with E-state index in [1.54, 1.807) is 36.4 Å². The van der Waals surface area contributed by atoms with Crippen LogP contribution in [0.5, 0.6) is 11.5 Å². The molecule has 0 amide bonds. The van der Waals surface area contributed by atoms with Crippen LogP contribution < -0.4 is 9.47 Å². The molecule has 3 rings (SSSR count). The largest absolute Gasteiger partial charge is 0.497 e. The number of aromatic nitrogens is 1. The second kappa shape index (κ2) is 7.09. The van der Waals surface area contributed by atoms with E-state index in [1.807, 2.05) is 0 Å². The van der Waals surface area contributed by atoms with E-state index in [4.69, 9.17) is 21.1 Å². The fourth-order valence-corrected chi connectivity index (χ4v) is 3.05.